The standard InChI is InChI=1S/C22H24FN3O8S2/c23-15-8-12(20(24)25)3-5-18(15)34-22(30)19-6-4-14(35-19)10-26-7-1-2-16(26)17(27)9-13(21(28)29)11-36(31,32)33/h3-6,8,13,16H,1-2,7,9-11H2,(H3,24,25)(H,28,29)(H,31,32,33)/t13-,16+/m0/s1. The zero-order valence-electron chi connectivity index (χ0n) is 18.8. The highest BCUT2D eigenvalue weighted by Gasteiger charge is 2.35. The average Bonchev–Trinajstić information content (AvgIpc) is 3.43. The van der Waals surface area contributed by atoms with E-state index in [0.717, 1.165) is 17.4 Å². The molecule has 1 aliphatic rings. The van der Waals surface area contributed by atoms with Gasteiger partial charge in [0.05, 0.1) is 17.7 Å². The lowest BCUT2D eigenvalue weighted by Gasteiger charge is -2.23. The van der Waals surface area contributed by atoms with Gasteiger partial charge in [0.2, 0.25) is 0 Å². The summed E-state index contributed by atoms with van der Waals surface area (Å²) in [5.74, 6) is -6.81. The maximum Gasteiger partial charge on any atom is 0.353 e. The van der Waals surface area contributed by atoms with Gasteiger partial charge in [-0.25, -0.2) is 9.18 Å². The molecule has 1 aromatic carbocycles. The number of carboxylic acids is 1. The highest BCUT2D eigenvalue weighted by molar-refractivity contribution is 7.85. The molecule has 36 heavy (non-hydrogen) atoms. The number of nitrogens with zero attached hydrogens (tertiary/aromatic N) is 1. The summed E-state index contributed by atoms with van der Waals surface area (Å²) < 4.78 is 50.4. The zero-order chi connectivity index (χ0) is 26.6. The second kappa shape index (κ2) is 11.2. The Morgan fingerprint density at radius 2 is 2.00 bits per heavy atom. The fraction of sp³-hybridized carbons (Fsp3) is 0.364. The van der Waals surface area contributed by atoms with Gasteiger partial charge < -0.3 is 15.6 Å². The molecule has 2 aromatic rings. The summed E-state index contributed by atoms with van der Waals surface area (Å²) in [5.41, 5.74) is 5.46. The van der Waals surface area contributed by atoms with E-state index in [9.17, 15) is 32.3 Å². The first-order chi connectivity index (χ1) is 16.8. The number of carboxylic acid groups (broad SMARTS) is 1. The number of ketones is 1. The number of Topliss-reactive ketones (excluding diaryl/α,β-unsaturated/α-hetero) is 1. The quantitative estimate of drug-likeness (QED) is 0.107. The van der Waals surface area contributed by atoms with Gasteiger partial charge >= 0.3 is 11.9 Å². The number of thiophene rings is 1. The summed E-state index contributed by atoms with van der Waals surface area (Å²) in [6.45, 7) is 0.823. The number of carbonyl (C=O) groups is 3. The van der Waals surface area contributed by atoms with E-state index in [1.807, 2.05) is 4.90 Å². The summed E-state index contributed by atoms with van der Waals surface area (Å²) in [7, 11) is -4.56. The molecule has 5 N–H and O–H groups in total. The maximum absolute atomic E-state index is 14.2. The molecule has 14 heteroatoms. The summed E-state index contributed by atoms with van der Waals surface area (Å²) in [5, 5.41) is 16.5. The largest absolute Gasteiger partial charge is 0.481 e. The normalized spacial score (nSPS) is 17.0. The van der Waals surface area contributed by atoms with Crippen molar-refractivity contribution < 1.29 is 41.6 Å². The first kappa shape index (κ1) is 27.4. The Balaban J connectivity index is 1.64. The third-order valence-electron chi connectivity index (χ3n) is 5.61. The number of carbonyl (C=O) groups excluding carboxylic acids is 2. The molecule has 1 aliphatic heterocycles. The molecule has 2 atom stereocenters. The number of esters is 1. The minimum atomic E-state index is -4.56. The lowest BCUT2D eigenvalue weighted by Crippen LogP contribution is -2.38. The average molecular weight is 542 g/mol. The summed E-state index contributed by atoms with van der Waals surface area (Å²) in [6, 6.07) is 6.08. The lowest BCUT2D eigenvalue weighted by atomic mass is 9.98. The number of ether oxygens (including phenoxy) is 1. The number of nitrogens with one attached hydrogen (secondary N) is 1. The Morgan fingerprint density at radius 1 is 1.28 bits per heavy atom. The van der Waals surface area contributed by atoms with Gasteiger partial charge in [-0.05, 0) is 49.7 Å². The predicted octanol–water partition coefficient (Wildman–Crippen LogP) is 1.90. The van der Waals surface area contributed by atoms with Crippen LogP contribution in [0.2, 0.25) is 0 Å². The van der Waals surface area contributed by atoms with Crippen molar-refractivity contribution >= 4 is 45.0 Å². The van der Waals surface area contributed by atoms with Gasteiger partial charge in [0, 0.05) is 23.4 Å². The monoisotopic (exact) mass is 541 g/mol. The summed E-state index contributed by atoms with van der Waals surface area (Å²) in [6.07, 6.45) is 0.599. The van der Waals surface area contributed by atoms with Crippen molar-refractivity contribution in [2.24, 2.45) is 11.7 Å². The van der Waals surface area contributed by atoms with E-state index < -0.39 is 57.8 Å². The van der Waals surface area contributed by atoms with Gasteiger partial charge in [-0.1, -0.05) is 0 Å². The van der Waals surface area contributed by atoms with E-state index in [4.69, 9.17) is 20.4 Å². The number of halogens is 1. The van der Waals surface area contributed by atoms with E-state index in [0.29, 0.717) is 24.3 Å². The maximum atomic E-state index is 14.2. The molecule has 0 saturated carbocycles. The van der Waals surface area contributed by atoms with Crippen LogP contribution in [0.4, 0.5) is 4.39 Å². The molecule has 1 fully saturated rings. The molecule has 0 unspecified atom stereocenters. The van der Waals surface area contributed by atoms with E-state index >= 15 is 0 Å². The van der Waals surface area contributed by atoms with E-state index in [-0.39, 0.29) is 28.6 Å². The van der Waals surface area contributed by atoms with Crippen molar-refractivity contribution in [2.75, 3.05) is 12.3 Å². The number of hydrogen-bond acceptors (Lipinski definition) is 9. The molecule has 1 saturated heterocycles. The number of nitrogen functional groups attached to an aromatic ring is 1. The minimum absolute atomic E-state index is 0.146. The van der Waals surface area contributed by atoms with Gasteiger partial charge in [-0.2, -0.15) is 8.42 Å². The number of likely N-dealkylation sites (tertiary alicyclic amines) is 1. The van der Waals surface area contributed by atoms with Crippen LogP contribution in [0.3, 0.4) is 0 Å². The van der Waals surface area contributed by atoms with Crippen LogP contribution < -0.4 is 10.5 Å². The van der Waals surface area contributed by atoms with Crippen molar-refractivity contribution in [1.82, 2.24) is 4.90 Å². The fourth-order valence-corrected chi connectivity index (χ4v) is 5.58. The summed E-state index contributed by atoms with van der Waals surface area (Å²) >= 11 is 1.09. The molecule has 0 amide bonds. The molecular formula is C22H24FN3O8S2. The van der Waals surface area contributed by atoms with Crippen LogP contribution in [0, 0.1) is 17.1 Å². The zero-order valence-corrected chi connectivity index (χ0v) is 20.5. The Labute approximate surface area is 209 Å². The van der Waals surface area contributed by atoms with Crippen molar-refractivity contribution in [2.45, 2.75) is 31.8 Å². The topological polar surface area (TPSA) is 188 Å². The van der Waals surface area contributed by atoms with Crippen LogP contribution in [0.15, 0.2) is 30.3 Å². The molecule has 0 spiro atoms. The lowest BCUT2D eigenvalue weighted by molar-refractivity contribution is -0.143. The van der Waals surface area contributed by atoms with Crippen LogP contribution in [0.1, 0.15) is 39.4 Å². The number of benzene rings is 1. The number of amidine groups is 1. The van der Waals surface area contributed by atoms with Crippen LogP contribution in [-0.2, 0) is 26.3 Å². The second-order valence-electron chi connectivity index (χ2n) is 8.30. The molecule has 11 nitrogen and oxygen atoms in total. The summed E-state index contributed by atoms with van der Waals surface area (Å²) in [4.78, 5) is 39.3. The van der Waals surface area contributed by atoms with E-state index in [1.165, 1.54) is 18.2 Å². The number of hydrogen-bond donors (Lipinski definition) is 4. The van der Waals surface area contributed by atoms with Crippen LogP contribution in [0.25, 0.3) is 0 Å². The smallest absolute Gasteiger partial charge is 0.353 e. The van der Waals surface area contributed by atoms with Crippen LogP contribution in [-0.4, -0.2) is 64.9 Å². The van der Waals surface area contributed by atoms with Crippen molar-refractivity contribution in [3.05, 3.63) is 51.5 Å². The number of rotatable bonds is 11. The van der Waals surface area contributed by atoms with Crippen molar-refractivity contribution in [3.8, 4) is 5.75 Å². The van der Waals surface area contributed by atoms with Crippen molar-refractivity contribution in [3.63, 3.8) is 0 Å². The van der Waals surface area contributed by atoms with E-state index in [1.54, 1.807) is 6.07 Å². The van der Waals surface area contributed by atoms with Crippen LogP contribution >= 0.6 is 11.3 Å². The SMILES string of the molecule is N=C(N)c1ccc(OC(=O)c2ccc(CN3CCC[C@@H]3C(=O)C[C@@H](CS(=O)(=O)O)C(=O)O)s2)c(F)c1. The van der Waals surface area contributed by atoms with Gasteiger partial charge in [-0.3, -0.25) is 24.5 Å². The molecular weight excluding hydrogens is 517 g/mol. The van der Waals surface area contributed by atoms with Gasteiger partial charge in [0.15, 0.2) is 17.3 Å². The van der Waals surface area contributed by atoms with E-state index in [2.05, 4.69) is 0 Å². The number of nitrogens with two attached hydrogens (primary N) is 1. The highest BCUT2D eigenvalue weighted by atomic mass is 32.2. The Kier molecular flexibility index (Phi) is 8.55. The van der Waals surface area contributed by atoms with Gasteiger partial charge in [0.25, 0.3) is 10.1 Å². The third-order valence-corrected chi connectivity index (χ3v) is 7.48. The number of aliphatic carboxylic acids is 1. The predicted molar refractivity (Wildman–Crippen MR) is 127 cm³/mol. The molecule has 1 aromatic heterocycles. The third kappa shape index (κ3) is 7.16. The molecule has 0 bridgehead atoms. The van der Waals surface area contributed by atoms with Gasteiger partial charge in [0.1, 0.15) is 10.7 Å². The second-order valence-corrected chi connectivity index (χ2v) is 11.0. The first-order valence-corrected chi connectivity index (χ1v) is 13.2. The van der Waals surface area contributed by atoms with Gasteiger partial charge in [-0.15, -0.1) is 11.3 Å². The first-order valence-electron chi connectivity index (χ1n) is 10.7. The highest BCUT2D eigenvalue weighted by Crippen LogP contribution is 2.27. The minimum Gasteiger partial charge on any atom is -0.481 e. The molecule has 194 valence electrons. The van der Waals surface area contributed by atoms with Crippen molar-refractivity contribution in [1.29, 1.82) is 5.41 Å². The molecule has 0 aliphatic carbocycles. The Morgan fingerprint density at radius 3 is 2.61 bits per heavy atom. The fourth-order valence-electron chi connectivity index (χ4n) is 3.90. The Hall–Kier alpha value is -3.20. The van der Waals surface area contributed by atoms with Crippen LogP contribution in [0.5, 0.6) is 5.75 Å². The molecule has 0 radical (unpaired) electrons. The Bertz CT molecular complexity index is 1290. The molecule has 3 rings (SSSR count). The molecule has 2 heterocycles.